The van der Waals surface area contributed by atoms with Crippen LogP contribution >= 0.6 is 0 Å². The Kier molecular flexibility index (Phi) is 7.20. The Morgan fingerprint density at radius 2 is 2.16 bits per heavy atom. The molecule has 0 saturated carbocycles. The van der Waals surface area contributed by atoms with Crippen molar-refractivity contribution in [3.8, 4) is 0 Å². The highest BCUT2D eigenvalue weighted by Gasteiger charge is 2.27. The number of ether oxygens (including phenoxy) is 2. The average molecular weight is 274 g/mol. The molecule has 0 spiro atoms. The molecule has 1 aliphatic rings. The van der Waals surface area contributed by atoms with E-state index in [2.05, 4.69) is 5.32 Å². The van der Waals surface area contributed by atoms with E-state index in [-0.39, 0.29) is 12.6 Å². The Morgan fingerprint density at radius 1 is 1.37 bits per heavy atom. The van der Waals surface area contributed by atoms with Crippen LogP contribution in [0.3, 0.4) is 0 Å². The average Bonchev–Trinajstić information content (AvgIpc) is 2.42. The van der Waals surface area contributed by atoms with Gasteiger partial charge in [0.25, 0.3) is 0 Å². The van der Waals surface area contributed by atoms with Crippen molar-refractivity contribution in [1.29, 1.82) is 0 Å². The number of carboxylic acid groups (broad SMARTS) is 1. The number of carboxylic acids is 1. The number of methoxy groups -OCH3 is 1. The Hall–Kier alpha value is -1.34. The lowest BCUT2D eigenvalue weighted by atomic mass is 9.99. The van der Waals surface area contributed by atoms with Gasteiger partial charge in [-0.15, -0.1) is 0 Å². The van der Waals surface area contributed by atoms with E-state index in [9.17, 15) is 9.59 Å². The zero-order valence-electron chi connectivity index (χ0n) is 11.3. The van der Waals surface area contributed by atoms with Crippen LogP contribution in [-0.4, -0.2) is 68.6 Å². The molecule has 1 aliphatic heterocycles. The van der Waals surface area contributed by atoms with E-state index in [1.807, 2.05) is 0 Å². The molecule has 2 amide bonds. The molecule has 2 N–H and O–H groups in total. The van der Waals surface area contributed by atoms with Gasteiger partial charge in [-0.05, 0) is 12.8 Å². The normalized spacial score (nSPS) is 19.2. The van der Waals surface area contributed by atoms with E-state index in [0.29, 0.717) is 39.3 Å². The van der Waals surface area contributed by atoms with Crippen molar-refractivity contribution in [1.82, 2.24) is 10.2 Å². The summed E-state index contributed by atoms with van der Waals surface area (Å²) >= 11 is 0. The Labute approximate surface area is 112 Å². The second kappa shape index (κ2) is 8.71. The van der Waals surface area contributed by atoms with Crippen LogP contribution in [0.5, 0.6) is 0 Å². The zero-order chi connectivity index (χ0) is 14.1. The van der Waals surface area contributed by atoms with Crippen LogP contribution in [0.15, 0.2) is 0 Å². The number of rotatable bonds is 7. The Bertz CT molecular complexity index is 298. The lowest BCUT2D eigenvalue weighted by molar-refractivity contribution is -0.143. The first-order valence-electron chi connectivity index (χ1n) is 6.47. The fourth-order valence-electron chi connectivity index (χ4n) is 1.95. The third-order valence-corrected chi connectivity index (χ3v) is 3.01. The van der Waals surface area contributed by atoms with Crippen molar-refractivity contribution in [3.05, 3.63) is 0 Å². The van der Waals surface area contributed by atoms with Crippen LogP contribution in [0.25, 0.3) is 0 Å². The molecule has 19 heavy (non-hydrogen) atoms. The second-order valence-corrected chi connectivity index (χ2v) is 4.46. The first kappa shape index (κ1) is 15.7. The standard InChI is InChI=1S/C12H22N2O5/c1-18-7-8-19-6-4-13-12(17)14-5-2-3-10(9-14)11(15)16/h10H,2-9H2,1H3,(H,13,17)(H,15,16)/t10-/m0/s1. The fourth-order valence-corrected chi connectivity index (χ4v) is 1.95. The van der Waals surface area contributed by atoms with E-state index < -0.39 is 11.9 Å². The number of hydrogen-bond acceptors (Lipinski definition) is 4. The number of nitrogens with one attached hydrogen (secondary N) is 1. The highest BCUT2D eigenvalue weighted by atomic mass is 16.5. The molecule has 0 aromatic heterocycles. The van der Waals surface area contributed by atoms with Crippen molar-refractivity contribution >= 4 is 12.0 Å². The predicted octanol–water partition coefficient (Wildman–Crippen LogP) is 0.156. The van der Waals surface area contributed by atoms with Crippen molar-refractivity contribution in [2.24, 2.45) is 5.92 Å². The highest BCUT2D eigenvalue weighted by Crippen LogP contribution is 2.16. The fraction of sp³-hybridized carbons (Fsp3) is 0.833. The summed E-state index contributed by atoms with van der Waals surface area (Å²) in [4.78, 5) is 24.2. The molecule has 0 bridgehead atoms. The summed E-state index contributed by atoms with van der Waals surface area (Å²) in [7, 11) is 1.60. The number of likely N-dealkylation sites (tertiary alicyclic amines) is 1. The van der Waals surface area contributed by atoms with E-state index in [1.165, 1.54) is 0 Å². The first-order chi connectivity index (χ1) is 9.15. The van der Waals surface area contributed by atoms with Gasteiger partial charge in [0.2, 0.25) is 0 Å². The smallest absolute Gasteiger partial charge is 0.317 e. The molecular formula is C12H22N2O5. The molecule has 0 aliphatic carbocycles. The van der Waals surface area contributed by atoms with Gasteiger partial charge < -0.3 is 24.8 Å². The molecule has 0 aromatic rings. The summed E-state index contributed by atoms with van der Waals surface area (Å²) in [5.41, 5.74) is 0. The predicted molar refractivity (Wildman–Crippen MR) is 68.0 cm³/mol. The topological polar surface area (TPSA) is 88.1 Å². The van der Waals surface area contributed by atoms with Crippen molar-refractivity contribution < 1.29 is 24.2 Å². The van der Waals surface area contributed by atoms with Gasteiger partial charge in [0.1, 0.15) is 0 Å². The molecule has 0 aromatic carbocycles. The van der Waals surface area contributed by atoms with Crippen LogP contribution in [0.2, 0.25) is 0 Å². The van der Waals surface area contributed by atoms with Crippen LogP contribution in [0, 0.1) is 5.92 Å². The Balaban J connectivity index is 2.16. The van der Waals surface area contributed by atoms with E-state index in [0.717, 1.165) is 6.42 Å². The summed E-state index contributed by atoms with van der Waals surface area (Å²) in [5.74, 6) is -1.28. The van der Waals surface area contributed by atoms with Gasteiger partial charge in [-0.3, -0.25) is 4.79 Å². The summed E-state index contributed by atoms with van der Waals surface area (Å²) in [6, 6.07) is -0.221. The van der Waals surface area contributed by atoms with Gasteiger partial charge in [-0.25, -0.2) is 4.79 Å². The number of piperidine rings is 1. The molecule has 1 rings (SSSR count). The highest BCUT2D eigenvalue weighted by molar-refractivity contribution is 5.76. The molecule has 0 unspecified atom stereocenters. The molecule has 1 atom stereocenters. The van der Waals surface area contributed by atoms with Gasteiger partial charge in [0.15, 0.2) is 0 Å². The minimum absolute atomic E-state index is 0.221. The molecule has 1 fully saturated rings. The van der Waals surface area contributed by atoms with Crippen LogP contribution < -0.4 is 5.32 Å². The summed E-state index contributed by atoms with van der Waals surface area (Å²) in [6.45, 7) is 2.76. The molecule has 0 radical (unpaired) electrons. The largest absolute Gasteiger partial charge is 0.481 e. The van der Waals surface area contributed by atoms with E-state index in [1.54, 1.807) is 12.0 Å². The van der Waals surface area contributed by atoms with Gasteiger partial charge >= 0.3 is 12.0 Å². The summed E-state index contributed by atoms with van der Waals surface area (Å²) < 4.78 is 10.0. The maximum absolute atomic E-state index is 11.8. The van der Waals surface area contributed by atoms with Crippen LogP contribution in [0.1, 0.15) is 12.8 Å². The SMILES string of the molecule is COCCOCCNC(=O)N1CCC[C@H](C(=O)O)C1. The van der Waals surface area contributed by atoms with Gasteiger partial charge in [-0.1, -0.05) is 0 Å². The van der Waals surface area contributed by atoms with E-state index in [4.69, 9.17) is 14.6 Å². The third-order valence-electron chi connectivity index (χ3n) is 3.01. The van der Waals surface area contributed by atoms with Gasteiger partial charge in [0, 0.05) is 26.7 Å². The molecule has 110 valence electrons. The lowest BCUT2D eigenvalue weighted by Crippen LogP contribution is -2.47. The lowest BCUT2D eigenvalue weighted by Gasteiger charge is -2.30. The molecule has 7 nitrogen and oxygen atoms in total. The monoisotopic (exact) mass is 274 g/mol. The van der Waals surface area contributed by atoms with Crippen LogP contribution in [-0.2, 0) is 14.3 Å². The number of aliphatic carboxylic acids is 1. The number of urea groups is 1. The van der Waals surface area contributed by atoms with E-state index >= 15 is 0 Å². The van der Waals surface area contributed by atoms with Gasteiger partial charge in [0.05, 0.1) is 25.7 Å². The maximum atomic E-state index is 11.8. The number of hydrogen-bond donors (Lipinski definition) is 2. The number of nitrogens with zero attached hydrogens (tertiary/aromatic N) is 1. The quantitative estimate of drug-likeness (QED) is 0.645. The van der Waals surface area contributed by atoms with Crippen molar-refractivity contribution in [2.75, 3.05) is 46.6 Å². The van der Waals surface area contributed by atoms with Crippen molar-refractivity contribution in [2.45, 2.75) is 12.8 Å². The first-order valence-corrected chi connectivity index (χ1v) is 6.47. The summed E-state index contributed by atoms with van der Waals surface area (Å²) in [6.07, 6.45) is 1.37. The molecular weight excluding hydrogens is 252 g/mol. The van der Waals surface area contributed by atoms with Crippen LogP contribution in [0.4, 0.5) is 4.79 Å². The number of carbonyl (C=O) groups excluding carboxylic acids is 1. The second-order valence-electron chi connectivity index (χ2n) is 4.46. The molecule has 1 heterocycles. The van der Waals surface area contributed by atoms with Gasteiger partial charge in [-0.2, -0.15) is 0 Å². The zero-order valence-corrected chi connectivity index (χ0v) is 11.3. The Morgan fingerprint density at radius 3 is 2.84 bits per heavy atom. The number of carbonyl (C=O) groups is 2. The van der Waals surface area contributed by atoms with Crippen molar-refractivity contribution in [3.63, 3.8) is 0 Å². The molecule has 7 heteroatoms. The minimum atomic E-state index is -0.833. The number of amides is 2. The molecule has 1 saturated heterocycles. The summed E-state index contributed by atoms with van der Waals surface area (Å²) in [5, 5.41) is 11.7. The minimum Gasteiger partial charge on any atom is -0.481 e. The maximum Gasteiger partial charge on any atom is 0.317 e. The third kappa shape index (κ3) is 5.89.